The van der Waals surface area contributed by atoms with Gasteiger partial charge >= 0.3 is 5.97 Å². The van der Waals surface area contributed by atoms with Gasteiger partial charge in [-0.2, -0.15) is 0 Å². The number of carboxylic acid groups (broad SMARTS) is 1. The van der Waals surface area contributed by atoms with Crippen molar-refractivity contribution in [2.45, 2.75) is 13.8 Å². The molecule has 0 saturated heterocycles. The molecule has 7 nitrogen and oxygen atoms in total. The molecule has 2 aromatic carbocycles. The fraction of sp³-hybridized carbons (Fsp3) is 0.0870. The predicted octanol–water partition coefficient (Wildman–Crippen LogP) is 5.02. The van der Waals surface area contributed by atoms with E-state index in [9.17, 15) is 9.59 Å². The summed E-state index contributed by atoms with van der Waals surface area (Å²) in [4.78, 5) is 37.0. The van der Waals surface area contributed by atoms with Crippen LogP contribution < -0.4 is 5.32 Å². The Kier molecular flexibility index (Phi) is 5.48. The van der Waals surface area contributed by atoms with Gasteiger partial charge in [-0.15, -0.1) is 0 Å². The Morgan fingerprint density at radius 3 is 2.45 bits per heavy atom. The molecule has 0 aliphatic rings. The number of carbonyl (C=O) groups excluding carboxylic acids is 1. The number of hydrogen-bond acceptors (Lipinski definition) is 5. The molecular formula is C23H17BrN4O3. The average Bonchev–Trinajstić information content (AvgIpc) is 2.75. The summed E-state index contributed by atoms with van der Waals surface area (Å²) in [5, 5.41) is 12.6. The van der Waals surface area contributed by atoms with Gasteiger partial charge in [0.1, 0.15) is 0 Å². The van der Waals surface area contributed by atoms with Crippen molar-refractivity contribution < 1.29 is 14.7 Å². The van der Waals surface area contributed by atoms with E-state index in [0.717, 1.165) is 21.3 Å². The number of rotatable bonds is 4. The molecule has 2 N–H and O–H groups in total. The first-order chi connectivity index (χ1) is 14.8. The van der Waals surface area contributed by atoms with Crippen LogP contribution in [0.5, 0.6) is 0 Å². The zero-order valence-electron chi connectivity index (χ0n) is 16.7. The molecule has 4 rings (SSSR count). The standard InChI is InChI=1S/C23H17BrN4O3/c1-12-19(22(29)28-18-11-25-21(23(30)31)26-13(18)2)16-10-15(24)8-9-17(16)27-20(12)14-6-4-3-5-7-14/h3-11H,1-2H3,(H,28,29)(H,30,31). The van der Waals surface area contributed by atoms with E-state index < -0.39 is 5.97 Å². The molecule has 4 aromatic rings. The lowest BCUT2D eigenvalue weighted by molar-refractivity contribution is 0.0683. The Bertz CT molecular complexity index is 1340. The maximum absolute atomic E-state index is 13.4. The summed E-state index contributed by atoms with van der Waals surface area (Å²) in [5.74, 6) is -1.90. The van der Waals surface area contributed by atoms with E-state index in [1.54, 1.807) is 6.92 Å². The van der Waals surface area contributed by atoms with Gasteiger partial charge in [0.15, 0.2) is 0 Å². The van der Waals surface area contributed by atoms with Crippen LogP contribution in [0.3, 0.4) is 0 Å². The molecule has 0 aliphatic heterocycles. The molecule has 8 heteroatoms. The zero-order valence-corrected chi connectivity index (χ0v) is 18.3. The van der Waals surface area contributed by atoms with Gasteiger partial charge in [-0.3, -0.25) is 4.79 Å². The number of carbonyl (C=O) groups is 2. The van der Waals surface area contributed by atoms with Crippen LogP contribution >= 0.6 is 15.9 Å². The van der Waals surface area contributed by atoms with Crippen molar-refractivity contribution in [1.29, 1.82) is 0 Å². The Morgan fingerprint density at radius 2 is 1.77 bits per heavy atom. The summed E-state index contributed by atoms with van der Waals surface area (Å²) in [6.45, 7) is 3.48. The van der Waals surface area contributed by atoms with Gasteiger partial charge < -0.3 is 10.4 Å². The SMILES string of the molecule is Cc1nc(C(=O)O)ncc1NC(=O)c1c(C)c(-c2ccccc2)nc2ccc(Br)cc12. The maximum Gasteiger partial charge on any atom is 0.373 e. The fourth-order valence-electron chi connectivity index (χ4n) is 3.38. The van der Waals surface area contributed by atoms with E-state index in [0.29, 0.717) is 27.8 Å². The third-order valence-corrected chi connectivity index (χ3v) is 5.38. The second kappa shape index (κ2) is 8.23. The zero-order chi connectivity index (χ0) is 22.1. The minimum atomic E-state index is -1.23. The molecule has 0 unspecified atom stereocenters. The number of aryl methyl sites for hydroxylation is 1. The van der Waals surface area contributed by atoms with E-state index in [-0.39, 0.29) is 11.7 Å². The number of anilines is 1. The molecule has 2 aromatic heterocycles. The molecule has 1 amide bonds. The molecule has 0 bridgehead atoms. The van der Waals surface area contributed by atoms with Gasteiger partial charge in [0.2, 0.25) is 5.82 Å². The van der Waals surface area contributed by atoms with Crippen molar-refractivity contribution in [2.75, 3.05) is 5.32 Å². The first kappa shape index (κ1) is 20.6. The number of fused-ring (bicyclic) bond motifs is 1. The van der Waals surface area contributed by atoms with Crippen LogP contribution in [0.4, 0.5) is 5.69 Å². The highest BCUT2D eigenvalue weighted by Crippen LogP contribution is 2.32. The van der Waals surface area contributed by atoms with E-state index >= 15 is 0 Å². The second-order valence-corrected chi connectivity index (χ2v) is 7.86. The second-order valence-electron chi connectivity index (χ2n) is 6.94. The van der Waals surface area contributed by atoms with Crippen molar-refractivity contribution in [3.8, 4) is 11.3 Å². The van der Waals surface area contributed by atoms with E-state index in [4.69, 9.17) is 10.1 Å². The molecule has 0 fully saturated rings. The summed E-state index contributed by atoms with van der Waals surface area (Å²) >= 11 is 3.47. The lowest BCUT2D eigenvalue weighted by Gasteiger charge is -2.15. The number of benzene rings is 2. The summed E-state index contributed by atoms with van der Waals surface area (Å²) in [7, 11) is 0. The molecule has 0 spiro atoms. The van der Waals surface area contributed by atoms with Gasteiger partial charge in [-0.1, -0.05) is 46.3 Å². The Morgan fingerprint density at radius 1 is 1.03 bits per heavy atom. The highest BCUT2D eigenvalue weighted by molar-refractivity contribution is 9.10. The third kappa shape index (κ3) is 4.02. The van der Waals surface area contributed by atoms with Crippen molar-refractivity contribution >= 4 is 44.4 Å². The largest absolute Gasteiger partial charge is 0.475 e. The molecule has 2 heterocycles. The number of amides is 1. The number of hydrogen-bond donors (Lipinski definition) is 2. The third-order valence-electron chi connectivity index (χ3n) is 4.88. The highest BCUT2D eigenvalue weighted by Gasteiger charge is 2.20. The van der Waals surface area contributed by atoms with Crippen LogP contribution in [0, 0.1) is 13.8 Å². The predicted molar refractivity (Wildman–Crippen MR) is 121 cm³/mol. The summed E-state index contributed by atoms with van der Waals surface area (Å²) in [6.07, 6.45) is 1.30. The van der Waals surface area contributed by atoms with Gasteiger partial charge in [0.25, 0.3) is 5.91 Å². The normalized spacial score (nSPS) is 10.8. The molecule has 154 valence electrons. The van der Waals surface area contributed by atoms with Crippen molar-refractivity contribution in [3.05, 3.63) is 81.8 Å². The molecule has 0 aliphatic carbocycles. The van der Waals surface area contributed by atoms with E-state index in [1.807, 2.05) is 55.5 Å². The van der Waals surface area contributed by atoms with Crippen LogP contribution in [0.2, 0.25) is 0 Å². The van der Waals surface area contributed by atoms with Gasteiger partial charge in [0.05, 0.1) is 34.4 Å². The Balaban J connectivity index is 1.85. The summed E-state index contributed by atoms with van der Waals surface area (Å²) < 4.78 is 0.827. The molecule has 31 heavy (non-hydrogen) atoms. The van der Waals surface area contributed by atoms with Crippen LogP contribution in [0.15, 0.2) is 59.2 Å². The average molecular weight is 477 g/mol. The number of carboxylic acids is 1. The first-order valence-electron chi connectivity index (χ1n) is 9.38. The Hall–Kier alpha value is -3.65. The monoisotopic (exact) mass is 476 g/mol. The highest BCUT2D eigenvalue weighted by atomic mass is 79.9. The van der Waals surface area contributed by atoms with E-state index in [2.05, 4.69) is 31.2 Å². The lowest BCUT2D eigenvalue weighted by Crippen LogP contribution is -2.17. The molecule has 0 saturated carbocycles. The summed E-state index contributed by atoms with van der Waals surface area (Å²) in [5.41, 5.74) is 4.23. The van der Waals surface area contributed by atoms with Crippen molar-refractivity contribution in [3.63, 3.8) is 0 Å². The van der Waals surface area contributed by atoms with E-state index in [1.165, 1.54) is 6.20 Å². The topological polar surface area (TPSA) is 105 Å². The number of pyridine rings is 1. The van der Waals surface area contributed by atoms with Crippen LogP contribution in [0.1, 0.15) is 32.2 Å². The number of nitrogens with zero attached hydrogens (tertiary/aromatic N) is 3. The Labute approximate surface area is 186 Å². The van der Waals surface area contributed by atoms with Gasteiger partial charge in [0, 0.05) is 15.4 Å². The number of aromatic nitrogens is 3. The van der Waals surface area contributed by atoms with Crippen LogP contribution in [0.25, 0.3) is 22.2 Å². The minimum Gasteiger partial charge on any atom is -0.475 e. The van der Waals surface area contributed by atoms with Crippen LogP contribution in [-0.4, -0.2) is 31.9 Å². The fourth-order valence-corrected chi connectivity index (χ4v) is 3.74. The smallest absolute Gasteiger partial charge is 0.373 e. The number of nitrogens with one attached hydrogen (secondary N) is 1. The molecule has 0 atom stereocenters. The number of aromatic carboxylic acids is 1. The quantitative estimate of drug-likeness (QED) is 0.428. The maximum atomic E-state index is 13.4. The van der Waals surface area contributed by atoms with Gasteiger partial charge in [-0.25, -0.2) is 19.7 Å². The van der Waals surface area contributed by atoms with Gasteiger partial charge in [-0.05, 0) is 37.6 Å². The molecular weight excluding hydrogens is 460 g/mol. The number of halogens is 1. The molecule has 0 radical (unpaired) electrons. The lowest BCUT2D eigenvalue weighted by atomic mass is 9.97. The van der Waals surface area contributed by atoms with Crippen LogP contribution in [-0.2, 0) is 0 Å². The summed E-state index contributed by atoms with van der Waals surface area (Å²) in [6, 6.07) is 15.3. The first-order valence-corrected chi connectivity index (χ1v) is 10.2. The minimum absolute atomic E-state index is 0.323. The van der Waals surface area contributed by atoms with Crippen molar-refractivity contribution in [2.24, 2.45) is 0 Å². The van der Waals surface area contributed by atoms with Crippen molar-refractivity contribution in [1.82, 2.24) is 15.0 Å².